The van der Waals surface area contributed by atoms with Crippen LogP contribution in [-0.4, -0.2) is 39.0 Å². The molecule has 0 spiro atoms. The molecule has 0 amide bonds. The van der Waals surface area contributed by atoms with E-state index in [-0.39, 0.29) is 0 Å². The lowest BCUT2D eigenvalue weighted by atomic mass is 9.93. The number of hydrogen-bond acceptors (Lipinski definition) is 3. The lowest BCUT2D eigenvalue weighted by molar-refractivity contribution is 0.0537. The van der Waals surface area contributed by atoms with Gasteiger partial charge in [-0.05, 0) is 32.6 Å². The predicted molar refractivity (Wildman–Crippen MR) is 57.5 cm³/mol. The van der Waals surface area contributed by atoms with Crippen LogP contribution in [0.2, 0.25) is 0 Å². The summed E-state index contributed by atoms with van der Waals surface area (Å²) in [5, 5.41) is 3.53. The Labute approximate surface area is 87.2 Å². The summed E-state index contributed by atoms with van der Waals surface area (Å²) in [5.41, 5.74) is 0. The maximum absolute atomic E-state index is 5.38. The Morgan fingerprint density at radius 3 is 2.79 bits per heavy atom. The summed E-state index contributed by atoms with van der Waals surface area (Å²) >= 11 is 0. The third-order valence-corrected chi connectivity index (χ3v) is 3.06. The van der Waals surface area contributed by atoms with Crippen LogP contribution in [0.4, 0.5) is 0 Å². The maximum atomic E-state index is 5.38. The topological polar surface area (TPSA) is 30.5 Å². The van der Waals surface area contributed by atoms with Gasteiger partial charge in [-0.15, -0.1) is 0 Å². The van der Waals surface area contributed by atoms with Gasteiger partial charge in [0, 0.05) is 26.8 Å². The van der Waals surface area contributed by atoms with Gasteiger partial charge in [0.2, 0.25) is 0 Å². The van der Waals surface area contributed by atoms with Crippen molar-refractivity contribution in [2.24, 2.45) is 0 Å². The predicted octanol–water partition coefficient (Wildman–Crippen LogP) is 1.57. The first kappa shape index (κ1) is 12.0. The van der Waals surface area contributed by atoms with E-state index < -0.39 is 0 Å². The highest BCUT2D eigenvalue weighted by Gasteiger charge is 2.21. The van der Waals surface area contributed by atoms with E-state index in [1.807, 2.05) is 7.11 Å². The minimum atomic E-state index is 0.304. The third kappa shape index (κ3) is 3.95. The van der Waals surface area contributed by atoms with Crippen LogP contribution in [0.25, 0.3) is 0 Å². The van der Waals surface area contributed by atoms with Crippen molar-refractivity contribution in [2.45, 2.75) is 50.9 Å². The molecule has 84 valence electrons. The molecule has 0 aliphatic heterocycles. The van der Waals surface area contributed by atoms with Crippen molar-refractivity contribution >= 4 is 0 Å². The van der Waals surface area contributed by atoms with E-state index in [0.29, 0.717) is 18.2 Å². The van der Waals surface area contributed by atoms with E-state index in [1.165, 1.54) is 19.3 Å². The van der Waals surface area contributed by atoms with E-state index in [2.05, 4.69) is 12.2 Å². The van der Waals surface area contributed by atoms with E-state index in [4.69, 9.17) is 9.47 Å². The molecule has 1 fully saturated rings. The average molecular weight is 201 g/mol. The minimum absolute atomic E-state index is 0.304. The molecule has 1 aliphatic rings. The van der Waals surface area contributed by atoms with Crippen molar-refractivity contribution in [3.05, 3.63) is 0 Å². The van der Waals surface area contributed by atoms with Gasteiger partial charge in [-0.25, -0.2) is 0 Å². The lowest BCUT2D eigenvalue weighted by Gasteiger charge is -2.29. The Morgan fingerprint density at radius 2 is 2.14 bits per heavy atom. The van der Waals surface area contributed by atoms with Crippen LogP contribution in [0.1, 0.15) is 32.6 Å². The van der Waals surface area contributed by atoms with Crippen LogP contribution < -0.4 is 5.32 Å². The van der Waals surface area contributed by atoms with Gasteiger partial charge in [-0.2, -0.15) is 0 Å². The van der Waals surface area contributed by atoms with E-state index >= 15 is 0 Å². The van der Waals surface area contributed by atoms with Gasteiger partial charge in [-0.3, -0.25) is 0 Å². The molecule has 1 saturated carbocycles. The Balaban J connectivity index is 2.17. The summed E-state index contributed by atoms with van der Waals surface area (Å²) in [6, 6.07) is 0.617. The molecule has 3 atom stereocenters. The van der Waals surface area contributed by atoms with Gasteiger partial charge < -0.3 is 14.8 Å². The van der Waals surface area contributed by atoms with Crippen LogP contribution in [0.15, 0.2) is 0 Å². The molecule has 3 nitrogen and oxygen atoms in total. The summed E-state index contributed by atoms with van der Waals surface area (Å²) < 4.78 is 10.6. The molecule has 0 bridgehead atoms. The number of hydrogen-bond donors (Lipinski definition) is 1. The Morgan fingerprint density at radius 1 is 1.36 bits per heavy atom. The largest absolute Gasteiger partial charge is 0.381 e. The Bertz CT molecular complexity index is 152. The maximum Gasteiger partial charge on any atom is 0.0667 e. The summed E-state index contributed by atoms with van der Waals surface area (Å²) in [6.07, 6.45) is 5.67. The fraction of sp³-hybridized carbons (Fsp3) is 1.00. The van der Waals surface area contributed by atoms with E-state index in [1.54, 1.807) is 7.11 Å². The van der Waals surface area contributed by atoms with Gasteiger partial charge >= 0.3 is 0 Å². The molecule has 0 aromatic carbocycles. The normalized spacial score (nSPS) is 30.2. The Kier molecular flexibility index (Phi) is 5.45. The molecular formula is C11H23NO2. The number of rotatable bonds is 5. The second-order valence-electron chi connectivity index (χ2n) is 4.18. The quantitative estimate of drug-likeness (QED) is 0.732. The van der Waals surface area contributed by atoms with Crippen LogP contribution in [0.3, 0.4) is 0 Å². The second kappa shape index (κ2) is 6.38. The van der Waals surface area contributed by atoms with Crippen molar-refractivity contribution in [3.8, 4) is 0 Å². The van der Waals surface area contributed by atoms with Crippen molar-refractivity contribution < 1.29 is 9.47 Å². The zero-order valence-electron chi connectivity index (χ0n) is 9.58. The van der Waals surface area contributed by atoms with Gasteiger partial charge in [0.25, 0.3) is 0 Å². The third-order valence-electron chi connectivity index (χ3n) is 3.06. The van der Waals surface area contributed by atoms with Crippen molar-refractivity contribution in [3.63, 3.8) is 0 Å². The zero-order valence-corrected chi connectivity index (χ0v) is 9.58. The monoisotopic (exact) mass is 201 g/mol. The molecule has 3 heteroatoms. The van der Waals surface area contributed by atoms with Crippen molar-refractivity contribution in [1.82, 2.24) is 5.32 Å². The summed E-state index contributed by atoms with van der Waals surface area (Å²) in [6.45, 7) is 3.03. The molecule has 1 N–H and O–H groups in total. The molecule has 0 aromatic rings. The zero-order chi connectivity index (χ0) is 10.4. The molecule has 0 radical (unpaired) electrons. The first-order chi connectivity index (χ1) is 6.76. The van der Waals surface area contributed by atoms with E-state index in [0.717, 1.165) is 13.0 Å². The molecule has 1 aliphatic carbocycles. The van der Waals surface area contributed by atoms with Crippen LogP contribution in [-0.2, 0) is 9.47 Å². The van der Waals surface area contributed by atoms with Gasteiger partial charge in [0.15, 0.2) is 0 Å². The molecule has 1 rings (SSSR count). The molecular weight excluding hydrogens is 178 g/mol. The standard InChI is InChI=1S/C11H23NO2/c1-9(13-2)8-12-10-5-4-6-11(7-10)14-3/h9-12H,4-8H2,1-3H3. The smallest absolute Gasteiger partial charge is 0.0667 e. The highest BCUT2D eigenvalue weighted by molar-refractivity contribution is 4.78. The Hall–Kier alpha value is -0.120. The average Bonchev–Trinajstić information content (AvgIpc) is 2.26. The lowest BCUT2D eigenvalue weighted by Crippen LogP contribution is -2.40. The molecule has 0 aromatic heterocycles. The van der Waals surface area contributed by atoms with Crippen LogP contribution in [0, 0.1) is 0 Å². The van der Waals surface area contributed by atoms with Crippen LogP contribution in [0.5, 0.6) is 0 Å². The molecule has 14 heavy (non-hydrogen) atoms. The highest BCUT2D eigenvalue weighted by atomic mass is 16.5. The van der Waals surface area contributed by atoms with Gasteiger partial charge in [0.1, 0.15) is 0 Å². The summed E-state index contributed by atoms with van der Waals surface area (Å²) in [7, 11) is 3.57. The molecule has 0 saturated heterocycles. The number of ether oxygens (including phenoxy) is 2. The first-order valence-corrected chi connectivity index (χ1v) is 5.55. The number of methoxy groups -OCH3 is 2. The SMILES string of the molecule is COC(C)CNC1CCCC(OC)C1. The van der Waals surface area contributed by atoms with Crippen molar-refractivity contribution in [2.75, 3.05) is 20.8 Å². The van der Waals surface area contributed by atoms with E-state index in [9.17, 15) is 0 Å². The highest BCUT2D eigenvalue weighted by Crippen LogP contribution is 2.20. The van der Waals surface area contributed by atoms with Crippen molar-refractivity contribution in [1.29, 1.82) is 0 Å². The molecule has 3 unspecified atom stereocenters. The number of nitrogens with one attached hydrogen (secondary N) is 1. The van der Waals surface area contributed by atoms with Gasteiger partial charge in [0.05, 0.1) is 12.2 Å². The second-order valence-corrected chi connectivity index (χ2v) is 4.18. The summed E-state index contributed by atoms with van der Waals surface area (Å²) in [4.78, 5) is 0. The van der Waals surface area contributed by atoms with Gasteiger partial charge in [-0.1, -0.05) is 0 Å². The minimum Gasteiger partial charge on any atom is -0.381 e. The first-order valence-electron chi connectivity index (χ1n) is 5.55. The fourth-order valence-electron chi connectivity index (χ4n) is 1.96. The molecule has 0 heterocycles. The summed E-state index contributed by atoms with van der Waals surface area (Å²) in [5.74, 6) is 0. The fourth-order valence-corrected chi connectivity index (χ4v) is 1.96. The van der Waals surface area contributed by atoms with Crippen LogP contribution >= 0.6 is 0 Å².